The summed E-state index contributed by atoms with van der Waals surface area (Å²) < 4.78 is 12.0. The largest absolute Gasteiger partial charge is 0.507 e. The lowest BCUT2D eigenvalue weighted by Gasteiger charge is -2.60. The lowest BCUT2D eigenvalue weighted by molar-refractivity contribution is -0.144. The van der Waals surface area contributed by atoms with Crippen LogP contribution in [-0.2, 0) is 16.6 Å². The highest BCUT2D eigenvalue weighted by Gasteiger charge is 2.53. The Hall–Kier alpha value is -4.41. The Balaban J connectivity index is 1.16. The van der Waals surface area contributed by atoms with Gasteiger partial charge in [-0.2, -0.15) is 0 Å². The lowest BCUT2D eigenvalue weighted by atomic mass is 9.72. The smallest absolute Gasteiger partial charge is 0.316 e. The molecule has 202 valence electrons. The molecule has 0 saturated carbocycles. The van der Waals surface area contributed by atoms with E-state index in [0.29, 0.717) is 39.6 Å². The van der Waals surface area contributed by atoms with Crippen molar-refractivity contribution in [1.82, 2.24) is 19.9 Å². The summed E-state index contributed by atoms with van der Waals surface area (Å²) in [7, 11) is 3.10. The maximum absolute atomic E-state index is 13.3. The summed E-state index contributed by atoms with van der Waals surface area (Å²) in [5, 5.41) is 23.1. The Morgan fingerprint density at radius 3 is 2.49 bits per heavy atom. The van der Waals surface area contributed by atoms with Crippen molar-refractivity contribution in [3.63, 3.8) is 0 Å². The predicted molar refractivity (Wildman–Crippen MR) is 145 cm³/mol. The molecule has 2 saturated heterocycles. The molecule has 5 heterocycles. The van der Waals surface area contributed by atoms with Crippen LogP contribution in [0.15, 0.2) is 51.8 Å². The predicted octanol–water partition coefficient (Wildman–Crippen LogP) is 2.93. The maximum atomic E-state index is 13.3. The molecule has 6 rings (SSSR count). The van der Waals surface area contributed by atoms with Gasteiger partial charge >= 0.3 is 5.97 Å². The summed E-state index contributed by atoms with van der Waals surface area (Å²) in [4.78, 5) is 29.7. The van der Waals surface area contributed by atoms with E-state index in [1.807, 2.05) is 26.0 Å². The molecule has 1 spiro atoms. The van der Waals surface area contributed by atoms with Crippen LogP contribution in [0.4, 0.5) is 11.5 Å². The highest BCUT2D eigenvalue weighted by atomic mass is 16.5. The molecule has 1 N–H and O–H groups in total. The van der Waals surface area contributed by atoms with Crippen LogP contribution in [0.2, 0.25) is 0 Å². The SMILES string of the molecule is COC(=O)C(c1cc(N2CC3(C2)CN(c2cc4nnc(-c5ccccc5O)cc4n(C)c2=O)C3)no1)C(C)C. The molecule has 1 unspecified atom stereocenters. The normalized spacial score (nSPS) is 16.8. The number of rotatable bonds is 6. The first kappa shape index (κ1) is 24.9. The van der Waals surface area contributed by atoms with E-state index in [0.717, 1.165) is 26.2 Å². The number of aryl methyl sites for hydroxylation is 1. The fraction of sp³-hybridized carbons (Fsp3) is 0.393. The third-order valence-corrected chi connectivity index (χ3v) is 7.85. The van der Waals surface area contributed by atoms with Crippen molar-refractivity contribution in [2.45, 2.75) is 19.8 Å². The van der Waals surface area contributed by atoms with Crippen LogP contribution in [0.5, 0.6) is 5.75 Å². The standard InChI is InChI=1S/C28H30N6O5/c1-16(2)25(27(37)38-4)23-11-24(31-39-23)34-14-28(15-34)12-33(13-28)21-10-19-20(32(3)26(21)36)9-18(29-30-19)17-7-5-6-8-22(17)35/h5-11,16,25,35H,12-15H2,1-4H3. The van der Waals surface area contributed by atoms with Crippen molar-refractivity contribution in [2.75, 3.05) is 43.1 Å². The van der Waals surface area contributed by atoms with Crippen LogP contribution >= 0.6 is 0 Å². The Labute approximate surface area is 224 Å². The first-order valence-electron chi connectivity index (χ1n) is 12.9. The van der Waals surface area contributed by atoms with Crippen molar-refractivity contribution >= 4 is 28.5 Å². The first-order chi connectivity index (χ1) is 18.7. The quantitative estimate of drug-likeness (QED) is 0.372. The second-order valence-electron chi connectivity index (χ2n) is 11.0. The number of carbonyl (C=O) groups excluding carboxylic acids is 1. The molecule has 2 aliphatic heterocycles. The Bertz CT molecular complexity index is 1630. The van der Waals surface area contributed by atoms with E-state index in [-0.39, 0.29) is 28.6 Å². The summed E-state index contributed by atoms with van der Waals surface area (Å²) in [5.41, 5.74) is 2.89. The summed E-state index contributed by atoms with van der Waals surface area (Å²) in [6.45, 7) is 6.96. The number of para-hydroxylation sites is 1. The number of phenols is 1. The van der Waals surface area contributed by atoms with Gasteiger partial charge in [-0.15, -0.1) is 10.2 Å². The van der Waals surface area contributed by atoms with Crippen molar-refractivity contribution in [1.29, 1.82) is 0 Å². The third-order valence-electron chi connectivity index (χ3n) is 7.85. The minimum atomic E-state index is -0.493. The fourth-order valence-corrected chi connectivity index (χ4v) is 5.76. The average Bonchev–Trinajstić information content (AvgIpc) is 3.34. The number of hydrogen-bond acceptors (Lipinski definition) is 10. The van der Waals surface area contributed by atoms with E-state index in [9.17, 15) is 14.7 Å². The molecule has 2 aliphatic rings. The number of ether oxygens (including phenoxy) is 1. The number of fused-ring (bicyclic) bond motifs is 1. The molecule has 1 aromatic carbocycles. The fourth-order valence-electron chi connectivity index (χ4n) is 5.76. The van der Waals surface area contributed by atoms with Gasteiger partial charge in [-0.25, -0.2) is 0 Å². The molecule has 0 radical (unpaired) electrons. The molecule has 1 atom stereocenters. The molecule has 4 aromatic rings. The molecular weight excluding hydrogens is 500 g/mol. The van der Waals surface area contributed by atoms with Gasteiger partial charge in [-0.3, -0.25) is 9.59 Å². The van der Waals surface area contributed by atoms with Gasteiger partial charge in [0, 0.05) is 50.3 Å². The minimum absolute atomic E-state index is 0.0208. The van der Waals surface area contributed by atoms with Crippen LogP contribution in [0.25, 0.3) is 22.3 Å². The van der Waals surface area contributed by atoms with E-state index < -0.39 is 5.92 Å². The second kappa shape index (κ2) is 9.11. The summed E-state index contributed by atoms with van der Waals surface area (Å²) >= 11 is 0. The third kappa shape index (κ3) is 4.08. The van der Waals surface area contributed by atoms with E-state index in [1.165, 1.54) is 7.11 Å². The number of phenolic OH excluding ortho intramolecular Hbond substituents is 1. The molecule has 0 bridgehead atoms. The van der Waals surface area contributed by atoms with Crippen LogP contribution < -0.4 is 15.4 Å². The number of anilines is 2. The molecule has 11 nitrogen and oxygen atoms in total. The lowest BCUT2D eigenvalue weighted by Crippen LogP contribution is -2.73. The molecule has 3 aromatic heterocycles. The molecule has 11 heteroatoms. The summed E-state index contributed by atoms with van der Waals surface area (Å²) in [5.74, 6) is 0.520. The zero-order valence-electron chi connectivity index (χ0n) is 22.3. The van der Waals surface area contributed by atoms with Crippen molar-refractivity contribution in [2.24, 2.45) is 18.4 Å². The van der Waals surface area contributed by atoms with Crippen LogP contribution in [0, 0.1) is 11.3 Å². The van der Waals surface area contributed by atoms with Crippen molar-refractivity contribution in [3.05, 3.63) is 58.6 Å². The average molecular weight is 531 g/mol. The van der Waals surface area contributed by atoms with Crippen LogP contribution in [0.3, 0.4) is 0 Å². The number of carbonyl (C=O) groups is 1. The molecule has 0 aliphatic carbocycles. The zero-order valence-corrected chi connectivity index (χ0v) is 22.3. The van der Waals surface area contributed by atoms with Crippen molar-refractivity contribution in [3.8, 4) is 17.0 Å². The van der Waals surface area contributed by atoms with Crippen LogP contribution in [-0.4, -0.2) is 64.3 Å². The Morgan fingerprint density at radius 2 is 1.79 bits per heavy atom. The second-order valence-corrected chi connectivity index (χ2v) is 11.0. The minimum Gasteiger partial charge on any atom is -0.507 e. The van der Waals surface area contributed by atoms with Gasteiger partial charge in [0.15, 0.2) is 11.6 Å². The van der Waals surface area contributed by atoms with Crippen molar-refractivity contribution < 1.29 is 19.2 Å². The number of benzene rings is 1. The van der Waals surface area contributed by atoms with Gasteiger partial charge in [-0.1, -0.05) is 31.1 Å². The number of hydrogen-bond donors (Lipinski definition) is 1. The number of aromatic hydroxyl groups is 1. The van der Waals surface area contributed by atoms with E-state index in [2.05, 4.69) is 25.2 Å². The number of methoxy groups -OCH3 is 1. The molecule has 0 amide bonds. The van der Waals surface area contributed by atoms with Crippen LogP contribution in [0.1, 0.15) is 25.5 Å². The van der Waals surface area contributed by atoms with Gasteiger partial charge in [0.1, 0.15) is 22.9 Å². The van der Waals surface area contributed by atoms with E-state index in [4.69, 9.17) is 9.26 Å². The maximum Gasteiger partial charge on any atom is 0.316 e. The highest BCUT2D eigenvalue weighted by Crippen LogP contribution is 2.43. The van der Waals surface area contributed by atoms with E-state index >= 15 is 0 Å². The number of esters is 1. The van der Waals surface area contributed by atoms with Gasteiger partial charge in [0.05, 0.1) is 18.3 Å². The topological polar surface area (TPSA) is 127 Å². The van der Waals surface area contributed by atoms with Gasteiger partial charge < -0.3 is 28.7 Å². The molecule has 39 heavy (non-hydrogen) atoms. The Kier molecular flexibility index (Phi) is 5.81. The zero-order chi connectivity index (χ0) is 27.5. The van der Waals surface area contributed by atoms with Gasteiger partial charge in [-0.05, 0) is 30.2 Å². The van der Waals surface area contributed by atoms with E-state index in [1.54, 1.807) is 41.9 Å². The molecule has 2 fully saturated rings. The number of nitrogens with zero attached hydrogens (tertiary/aromatic N) is 6. The molecular formula is C28H30N6O5. The monoisotopic (exact) mass is 530 g/mol. The number of pyridine rings is 1. The summed E-state index contributed by atoms with van der Waals surface area (Å²) in [6.07, 6.45) is 0. The highest BCUT2D eigenvalue weighted by molar-refractivity contribution is 5.83. The summed E-state index contributed by atoms with van der Waals surface area (Å²) in [6, 6.07) is 12.3. The number of aromatic nitrogens is 4. The Morgan fingerprint density at radius 1 is 1.08 bits per heavy atom. The van der Waals surface area contributed by atoms with Gasteiger partial charge in [0.2, 0.25) is 0 Å². The first-order valence-corrected chi connectivity index (χ1v) is 12.9. The van der Waals surface area contributed by atoms with Gasteiger partial charge in [0.25, 0.3) is 5.56 Å².